The quantitative estimate of drug-likeness (QED) is 0.657. The van der Waals surface area contributed by atoms with Crippen molar-refractivity contribution in [1.82, 2.24) is 0 Å². The Morgan fingerprint density at radius 3 is 2.54 bits per heavy atom. The Bertz CT molecular complexity index is 682. The lowest BCUT2D eigenvalue weighted by atomic mass is 9.80. The number of carbonyl (C=O) groups excluding carboxylic acids is 2. The Morgan fingerprint density at radius 1 is 1.29 bits per heavy atom. The predicted octanol–water partition coefficient (Wildman–Crippen LogP) is 2.62. The van der Waals surface area contributed by atoms with Crippen LogP contribution in [0.2, 0.25) is 0 Å². The average Bonchev–Trinajstić information content (AvgIpc) is 2.58. The first kappa shape index (κ1) is 17.9. The van der Waals surface area contributed by atoms with E-state index in [0.29, 0.717) is 5.57 Å². The molecule has 0 spiro atoms. The molecule has 0 heterocycles. The highest BCUT2D eigenvalue weighted by molar-refractivity contribution is 5.96. The van der Waals surface area contributed by atoms with Gasteiger partial charge in [0.15, 0.2) is 5.78 Å². The second-order valence-electron chi connectivity index (χ2n) is 6.71. The molecule has 128 valence electrons. The Morgan fingerprint density at radius 2 is 1.92 bits per heavy atom. The van der Waals surface area contributed by atoms with Crippen LogP contribution in [0.3, 0.4) is 0 Å². The van der Waals surface area contributed by atoms with E-state index in [0.717, 1.165) is 5.56 Å². The number of carbonyl (C=O) groups is 2. The van der Waals surface area contributed by atoms with Gasteiger partial charge in [-0.05, 0) is 42.3 Å². The van der Waals surface area contributed by atoms with Crippen LogP contribution in [0.1, 0.15) is 32.8 Å². The minimum absolute atomic E-state index is 0.0581. The van der Waals surface area contributed by atoms with E-state index < -0.39 is 23.6 Å². The van der Waals surface area contributed by atoms with Gasteiger partial charge in [-0.1, -0.05) is 26.0 Å². The number of esters is 1. The van der Waals surface area contributed by atoms with Crippen molar-refractivity contribution >= 4 is 17.8 Å². The molecule has 2 atom stereocenters. The lowest BCUT2D eigenvalue weighted by Crippen LogP contribution is -2.40. The average molecular weight is 330 g/mol. The second kappa shape index (κ2) is 7.01. The SMILES string of the molecule is CC1=CC(OC(=O)C=Cc2ccc(O)cc2)C(O)C(C)(C)CC1=O. The van der Waals surface area contributed by atoms with Crippen LogP contribution in [-0.2, 0) is 14.3 Å². The van der Waals surface area contributed by atoms with E-state index in [4.69, 9.17) is 4.74 Å². The van der Waals surface area contributed by atoms with Gasteiger partial charge in [0, 0.05) is 17.9 Å². The van der Waals surface area contributed by atoms with Crippen molar-refractivity contribution < 1.29 is 24.5 Å². The summed E-state index contributed by atoms with van der Waals surface area (Å²) in [5.41, 5.74) is 0.532. The first-order valence-electron chi connectivity index (χ1n) is 7.76. The standard InChI is InChI=1S/C19H22O5/c1-12-10-16(18(23)19(2,3)11-15(12)21)24-17(22)9-6-13-4-7-14(20)8-5-13/h4-10,16,18,20,23H,11H2,1-3H3. The molecule has 0 amide bonds. The van der Waals surface area contributed by atoms with Gasteiger partial charge < -0.3 is 14.9 Å². The number of ether oxygens (including phenoxy) is 1. The molecule has 1 aliphatic carbocycles. The maximum absolute atomic E-state index is 12.0. The molecule has 2 unspecified atom stereocenters. The second-order valence-corrected chi connectivity index (χ2v) is 6.71. The summed E-state index contributed by atoms with van der Waals surface area (Å²) in [6.07, 6.45) is 2.68. The van der Waals surface area contributed by atoms with Crippen LogP contribution in [0.15, 0.2) is 42.0 Å². The fourth-order valence-corrected chi connectivity index (χ4v) is 2.55. The number of phenolic OH excluding ortho intramolecular Hbond substituents is 1. The van der Waals surface area contributed by atoms with Crippen LogP contribution in [0.25, 0.3) is 6.08 Å². The summed E-state index contributed by atoms with van der Waals surface area (Å²) in [5, 5.41) is 19.7. The van der Waals surface area contributed by atoms with Crippen LogP contribution in [0.5, 0.6) is 5.75 Å². The molecule has 2 rings (SSSR count). The van der Waals surface area contributed by atoms with Crippen molar-refractivity contribution in [2.75, 3.05) is 0 Å². The third kappa shape index (κ3) is 4.32. The van der Waals surface area contributed by atoms with Gasteiger partial charge in [0.2, 0.25) is 0 Å². The van der Waals surface area contributed by atoms with Crippen LogP contribution in [-0.4, -0.2) is 34.2 Å². The van der Waals surface area contributed by atoms with E-state index >= 15 is 0 Å². The van der Waals surface area contributed by atoms with Gasteiger partial charge in [-0.15, -0.1) is 0 Å². The summed E-state index contributed by atoms with van der Waals surface area (Å²) in [4.78, 5) is 24.0. The highest BCUT2D eigenvalue weighted by Crippen LogP contribution is 2.33. The number of aromatic hydroxyl groups is 1. The fraction of sp³-hybridized carbons (Fsp3) is 0.368. The van der Waals surface area contributed by atoms with Crippen molar-refractivity contribution in [1.29, 1.82) is 0 Å². The first-order chi connectivity index (χ1) is 11.2. The summed E-state index contributed by atoms with van der Waals surface area (Å²) in [6, 6.07) is 6.34. The largest absolute Gasteiger partial charge is 0.508 e. The van der Waals surface area contributed by atoms with Gasteiger partial charge in [-0.2, -0.15) is 0 Å². The highest BCUT2D eigenvalue weighted by atomic mass is 16.6. The summed E-state index contributed by atoms with van der Waals surface area (Å²) >= 11 is 0. The first-order valence-corrected chi connectivity index (χ1v) is 7.76. The van der Waals surface area contributed by atoms with Crippen molar-refractivity contribution in [3.8, 4) is 5.75 Å². The number of hydrogen-bond acceptors (Lipinski definition) is 5. The van der Waals surface area contributed by atoms with Crippen molar-refractivity contribution in [2.24, 2.45) is 5.41 Å². The van der Waals surface area contributed by atoms with Gasteiger partial charge in [-0.3, -0.25) is 4.79 Å². The van der Waals surface area contributed by atoms with Gasteiger partial charge in [0.1, 0.15) is 18.0 Å². The summed E-state index contributed by atoms with van der Waals surface area (Å²) in [5.74, 6) is -0.526. The number of hydrogen-bond donors (Lipinski definition) is 2. The maximum atomic E-state index is 12.0. The lowest BCUT2D eigenvalue weighted by molar-refractivity contribution is -0.149. The molecule has 24 heavy (non-hydrogen) atoms. The molecule has 0 bridgehead atoms. The Kier molecular flexibility index (Phi) is 5.24. The molecule has 0 radical (unpaired) electrons. The molecule has 5 nitrogen and oxygen atoms in total. The number of benzene rings is 1. The molecule has 5 heteroatoms. The number of phenols is 1. The van der Waals surface area contributed by atoms with E-state index in [2.05, 4.69) is 0 Å². The Hall–Kier alpha value is -2.40. The molecule has 0 fully saturated rings. The van der Waals surface area contributed by atoms with Gasteiger partial charge >= 0.3 is 5.97 Å². The maximum Gasteiger partial charge on any atom is 0.331 e. The van der Waals surface area contributed by atoms with Crippen LogP contribution >= 0.6 is 0 Å². The zero-order valence-electron chi connectivity index (χ0n) is 14.0. The minimum atomic E-state index is -0.968. The molecule has 0 saturated carbocycles. The summed E-state index contributed by atoms with van der Waals surface area (Å²) in [7, 11) is 0. The number of allylic oxidation sites excluding steroid dienone is 1. The predicted molar refractivity (Wildman–Crippen MR) is 90.2 cm³/mol. The molecule has 1 aliphatic rings. The van der Waals surface area contributed by atoms with E-state index in [9.17, 15) is 19.8 Å². The number of aliphatic hydroxyl groups excluding tert-OH is 1. The molecule has 0 aromatic heterocycles. The van der Waals surface area contributed by atoms with E-state index in [-0.39, 0.29) is 18.0 Å². The minimum Gasteiger partial charge on any atom is -0.508 e. The molecule has 0 aliphatic heterocycles. The molecule has 2 N–H and O–H groups in total. The molecule has 1 aromatic rings. The molecular weight excluding hydrogens is 308 g/mol. The highest BCUT2D eigenvalue weighted by Gasteiger charge is 2.39. The summed E-state index contributed by atoms with van der Waals surface area (Å²) in [6.45, 7) is 5.20. The Balaban J connectivity index is 2.11. The molecule has 0 saturated heterocycles. The molecular formula is C19H22O5. The Labute approximate surface area is 141 Å². The van der Waals surface area contributed by atoms with Crippen molar-refractivity contribution in [2.45, 2.75) is 39.4 Å². The van der Waals surface area contributed by atoms with Gasteiger partial charge in [-0.25, -0.2) is 4.79 Å². The van der Waals surface area contributed by atoms with E-state index in [1.807, 2.05) is 0 Å². The van der Waals surface area contributed by atoms with Crippen LogP contribution < -0.4 is 0 Å². The van der Waals surface area contributed by atoms with Crippen LogP contribution in [0.4, 0.5) is 0 Å². The molecule has 1 aromatic carbocycles. The van der Waals surface area contributed by atoms with Gasteiger partial charge in [0.25, 0.3) is 0 Å². The topological polar surface area (TPSA) is 83.8 Å². The van der Waals surface area contributed by atoms with Crippen LogP contribution in [0, 0.1) is 5.41 Å². The zero-order chi connectivity index (χ0) is 17.9. The monoisotopic (exact) mass is 330 g/mol. The van der Waals surface area contributed by atoms with Crippen molar-refractivity contribution in [3.63, 3.8) is 0 Å². The fourth-order valence-electron chi connectivity index (χ4n) is 2.55. The third-order valence-corrected chi connectivity index (χ3v) is 4.14. The van der Waals surface area contributed by atoms with Crippen molar-refractivity contribution in [3.05, 3.63) is 47.6 Å². The van der Waals surface area contributed by atoms with E-state index in [1.54, 1.807) is 39.0 Å². The number of ketones is 1. The smallest absolute Gasteiger partial charge is 0.331 e. The van der Waals surface area contributed by atoms with Gasteiger partial charge in [0.05, 0.1) is 0 Å². The zero-order valence-corrected chi connectivity index (χ0v) is 14.0. The third-order valence-electron chi connectivity index (χ3n) is 4.14. The number of rotatable bonds is 3. The normalized spacial score (nSPS) is 23.7. The summed E-state index contributed by atoms with van der Waals surface area (Å²) < 4.78 is 5.33. The number of Topliss-reactive ketones (excluding diaryl/α,β-unsaturated/α-hetero) is 1. The number of aliphatic hydroxyl groups is 1. The lowest BCUT2D eigenvalue weighted by Gasteiger charge is -2.31. The van der Waals surface area contributed by atoms with E-state index in [1.165, 1.54) is 24.3 Å².